The molecule has 2 aromatic heterocycles. The van der Waals surface area contributed by atoms with E-state index in [0.29, 0.717) is 12.0 Å². The minimum Gasteiger partial charge on any atom is -0.342 e. The summed E-state index contributed by atoms with van der Waals surface area (Å²) >= 11 is 1.70. The molecule has 0 amide bonds. The number of hydrogen-bond acceptors (Lipinski definition) is 5. The minimum atomic E-state index is 0.458. The molecule has 0 radical (unpaired) electrons. The fourth-order valence-electron chi connectivity index (χ4n) is 3.57. The molecule has 2 aromatic rings. The molecule has 0 spiro atoms. The van der Waals surface area contributed by atoms with Crippen LogP contribution in [-0.4, -0.2) is 33.7 Å². The van der Waals surface area contributed by atoms with Gasteiger partial charge in [-0.3, -0.25) is 0 Å². The van der Waals surface area contributed by atoms with Crippen molar-refractivity contribution in [1.82, 2.24) is 14.6 Å². The average Bonchev–Trinajstić information content (AvgIpc) is 3.19. The normalized spacial score (nSPS) is 24.2. The summed E-state index contributed by atoms with van der Waals surface area (Å²) in [5.41, 5.74) is 7.09. The Bertz CT molecular complexity index is 566. The van der Waals surface area contributed by atoms with Gasteiger partial charge in [-0.25, -0.2) is 9.50 Å². The van der Waals surface area contributed by atoms with E-state index in [-0.39, 0.29) is 0 Å². The summed E-state index contributed by atoms with van der Waals surface area (Å²) in [6.07, 6.45) is 9.82. The van der Waals surface area contributed by atoms with Gasteiger partial charge >= 0.3 is 0 Å². The SMILES string of the molecule is NCC1CCCN1c1nn2cc(C3CCCC3)nc2s1. The second-order valence-corrected chi connectivity index (χ2v) is 6.92. The standard InChI is InChI=1S/C14H21N5S/c15-8-11-6-3-7-18(11)14-17-19-9-12(16-13(19)20-14)10-4-1-2-5-10/h9-11H,1-8,15H2. The van der Waals surface area contributed by atoms with Gasteiger partial charge in [0.2, 0.25) is 10.1 Å². The third kappa shape index (κ3) is 2.02. The molecule has 1 aliphatic carbocycles. The number of imidazole rings is 1. The maximum absolute atomic E-state index is 5.85. The summed E-state index contributed by atoms with van der Waals surface area (Å²) in [5, 5.41) is 5.81. The fraction of sp³-hybridized carbons (Fsp3) is 0.714. The zero-order valence-corrected chi connectivity index (χ0v) is 12.5. The molecular formula is C14H21N5S. The van der Waals surface area contributed by atoms with Crippen molar-refractivity contribution in [2.24, 2.45) is 5.73 Å². The quantitative estimate of drug-likeness (QED) is 0.943. The van der Waals surface area contributed by atoms with E-state index in [0.717, 1.165) is 23.2 Å². The van der Waals surface area contributed by atoms with Crippen LogP contribution in [0.4, 0.5) is 5.13 Å². The van der Waals surface area contributed by atoms with E-state index < -0.39 is 0 Å². The van der Waals surface area contributed by atoms with Gasteiger partial charge in [0, 0.05) is 25.0 Å². The van der Waals surface area contributed by atoms with Crippen molar-refractivity contribution in [2.45, 2.75) is 50.5 Å². The Labute approximate surface area is 122 Å². The first-order valence-electron chi connectivity index (χ1n) is 7.68. The maximum Gasteiger partial charge on any atom is 0.214 e. The van der Waals surface area contributed by atoms with Gasteiger partial charge < -0.3 is 10.6 Å². The summed E-state index contributed by atoms with van der Waals surface area (Å²) in [6, 6.07) is 0.458. The molecule has 5 nitrogen and oxygen atoms in total. The predicted molar refractivity (Wildman–Crippen MR) is 81.5 cm³/mol. The lowest BCUT2D eigenvalue weighted by Crippen LogP contribution is -2.35. The first-order valence-corrected chi connectivity index (χ1v) is 8.49. The highest BCUT2D eigenvalue weighted by atomic mass is 32.1. The van der Waals surface area contributed by atoms with Gasteiger partial charge in [0.05, 0.1) is 11.9 Å². The maximum atomic E-state index is 5.85. The van der Waals surface area contributed by atoms with E-state index in [4.69, 9.17) is 15.8 Å². The van der Waals surface area contributed by atoms with Crippen LogP contribution in [0.3, 0.4) is 0 Å². The number of aromatic nitrogens is 3. The molecule has 1 unspecified atom stereocenters. The number of hydrogen-bond donors (Lipinski definition) is 1. The largest absolute Gasteiger partial charge is 0.342 e. The van der Waals surface area contributed by atoms with Crippen LogP contribution in [0.25, 0.3) is 4.96 Å². The van der Waals surface area contributed by atoms with Crippen LogP contribution in [0, 0.1) is 0 Å². The lowest BCUT2D eigenvalue weighted by molar-refractivity contribution is 0.671. The van der Waals surface area contributed by atoms with Crippen molar-refractivity contribution in [1.29, 1.82) is 0 Å². The molecule has 6 heteroatoms. The number of nitrogens with two attached hydrogens (primary N) is 1. The van der Waals surface area contributed by atoms with Gasteiger partial charge in [0.15, 0.2) is 0 Å². The van der Waals surface area contributed by atoms with Crippen molar-refractivity contribution in [3.63, 3.8) is 0 Å². The van der Waals surface area contributed by atoms with Crippen molar-refractivity contribution in [3.05, 3.63) is 11.9 Å². The third-order valence-electron chi connectivity index (χ3n) is 4.72. The summed E-state index contributed by atoms with van der Waals surface area (Å²) in [4.78, 5) is 8.19. The molecule has 1 atom stereocenters. The summed E-state index contributed by atoms with van der Waals surface area (Å²) in [5.74, 6) is 0.663. The van der Waals surface area contributed by atoms with Gasteiger partial charge in [-0.1, -0.05) is 24.2 Å². The highest BCUT2D eigenvalue weighted by Gasteiger charge is 2.27. The van der Waals surface area contributed by atoms with E-state index in [9.17, 15) is 0 Å². The number of anilines is 1. The fourth-order valence-corrected chi connectivity index (χ4v) is 4.56. The van der Waals surface area contributed by atoms with Crippen LogP contribution in [-0.2, 0) is 0 Å². The summed E-state index contributed by atoms with van der Waals surface area (Å²) < 4.78 is 1.97. The van der Waals surface area contributed by atoms with Gasteiger partial charge in [-0.15, -0.1) is 5.10 Å². The van der Waals surface area contributed by atoms with E-state index in [1.807, 2.05) is 4.52 Å². The Morgan fingerprint density at radius 1 is 1.25 bits per heavy atom. The summed E-state index contributed by atoms with van der Waals surface area (Å²) in [6.45, 7) is 1.79. The van der Waals surface area contributed by atoms with Crippen molar-refractivity contribution in [2.75, 3.05) is 18.0 Å². The number of fused-ring (bicyclic) bond motifs is 1. The Morgan fingerprint density at radius 3 is 2.85 bits per heavy atom. The lowest BCUT2D eigenvalue weighted by atomic mass is 10.1. The van der Waals surface area contributed by atoms with Gasteiger partial charge in [0.25, 0.3) is 0 Å². The molecule has 4 rings (SSSR count). The molecule has 3 heterocycles. The first-order chi connectivity index (χ1) is 9.85. The molecule has 20 heavy (non-hydrogen) atoms. The van der Waals surface area contributed by atoms with Crippen molar-refractivity contribution >= 4 is 21.4 Å². The molecule has 0 bridgehead atoms. The Kier molecular flexibility index (Phi) is 3.15. The van der Waals surface area contributed by atoms with E-state index in [1.54, 1.807) is 11.3 Å². The molecular weight excluding hydrogens is 270 g/mol. The topological polar surface area (TPSA) is 59.5 Å². The average molecular weight is 291 g/mol. The van der Waals surface area contributed by atoms with Crippen LogP contribution in [0.15, 0.2) is 6.20 Å². The van der Waals surface area contributed by atoms with Gasteiger partial charge in [-0.05, 0) is 25.7 Å². The molecule has 1 saturated heterocycles. The minimum absolute atomic E-state index is 0.458. The predicted octanol–water partition coefficient (Wildman–Crippen LogP) is 2.38. The zero-order chi connectivity index (χ0) is 13.5. The molecule has 108 valence electrons. The van der Waals surface area contributed by atoms with Gasteiger partial charge in [0.1, 0.15) is 0 Å². The first kappa shape index (κ1) is 12.6. The second kappa shape index (κ2) is 5.00. The molecule has 2 N–H and O–H groups in total. The molecule has 0 aromatic carbocycles. The number of rotatable bonds is 3. The highest BCUT2D eigenvalue weighted by molar-refractivity contribution is 7.20. The molecule has 1 aliphatic heterocycles. The van der Waals surface area contributed by atoms with Crippen LogP contribution >= 0.6 is 11.3 Å². The van der Waals surface area contributed by atoms with Crippen LogP contribution in [0.5, 0.6) is 0 Å². The van der Waals surface area contributed by atoms with E-state index in [2.05, 4.69) is 11.1 Å². The van der Waals surface area contributed by atoms with Crippen LogP contribution in [0.2, 0.25) is 0 Å². The summed E-state index contributed by atoms with van der Waals surface area (Å²) in [7, 11) is 0. The Balaban J connectivity index is 1.61. The second-order valence-electron chi connectivity index (χ2n) is 5.98. The molecule has 2 aliphatic rings. The third-order valence-corrected chi connectivity index (χ3v) is 5.68. The lowest BCUT2D eigenvalue weighted by Gasteiger charge is -2.21. The molecule has 2 fully saturated rings. The molecule has 1 saturated carbocycles. The highest BCUT2D eigenvalue weighted by Crippen LogP contribution is 2.35. The van der Waals surface area contributed by atoms with E-state index >= 15 is 0 Å². The monoisotopic (exact) mass is 291 g/mol. The van der Waals surface area contributed by atoms with Crippen molar-refractivity contribution in [3.8, 4) is 0 Å². The van der Waals surface area contributed by atoms with Crippen LogP contribution in [0.1, 0.15) is 50.1 Å². The smallest absolute Gasteiger partial charge is 0.214 e. The van der Waals surface area contributed by atoms with E-state index in [1.165, 1.54) is 44.2 Å². The Morgan fingerprint density at radius 2 is 2.10 bits per heavy atom. The van der Waals surface area contributed by atoms with Gasteiger partial charge in [-0.2, -0.15) is 0 Å². The van der Waals surface area contributed by atoms with Crippen molar-refractivity contribution < 1.29 is 0 Å². The van der Waals surface area contributed by atoms with Crippen LogP contribution < -0.4 is 10.6 Å². The number of nitrogens with zero attached hydrogens (tertiary/aromatic N) is 4. The zero-order valence-electron chi connectivity index (χ0n) is 11.7. The Hall–Kier alpha value is -1.14.